The van der Waals surface area contributed by atoms with Crippen LogP contribution in [-0.4, -0.2) is 49.1 Å². The third-order valence-electron chi connectivity index (χ3n) is 4.44. The molecule has 3 nitrogen and oxygen atoms in total. The first kappa shape index (κ1) is 21.9. The van der Waals surface area contributed by atoms with Gasteiger partial charge in [-0.15, -0.1) is 24.8 Å². The van der Waals surface area contributed by atoms with Crippen molar-refractivity contribution in [2.24, 2.45) is 0 Å². The second-order valence-corrected chi connectivity index (χ2v) is 6.27. The van der Waals surface area contributed by atoms with Gasteiger partial charge in [-0.1, -0.05) is 60.7 Å². The van der Waals surface area contributed by atoms with E-state index in [4.69, 9.17) is 0 Å². The Labute approximate surface area is 164 Å². The van der Waals surface area contributed by atoms with Crippen LogP contribution < -0.4 is 5.32 Å². The second kappa shape index (κ2) is 12.3. The van der Waals surface area contributed by atoms with Crippen LogP contribution in [0.2, 0.25) is 0 Å². The summed E-state index contributed by atoms with van der Waals surface area (Å²) in [6, 6.07) is 21.6. The molecule has 0 spiro atoms. The van der Waals surface area contributed by atoms with Crippen LogP contribution in [0.5, 0.6) is 0 Å². The van der Waals surface area contributed by atoms with Crippen LogP contribution in [0, 0.1) is 0 Å². The highest BCUT2D eigenvalue weighted by Crippen LogP contribution is 2.10. The van der Waals surface area contributed by atoms with Crippen LogP contribution in [0.25, 0.3) is 0 Å². The molecule has 0 atom stereocenters. The van der Waals surface area contributed by atoms with Crippen LogP contribution in [0.3, 0.4) is 0 Å². The lowest BCUT2D eigenvalue weighted by Gasteiger charge is -2.30. The lowest BCUT2D eigenvalue weighted by Crippen LogP contribution is -2.46. The Morgan fingerprint density at radius 3 is 1.72 bits per heavy atom. The van der Waals surface area contributed by atoms with Gasteiger partial charge in [-0.25, -0.2) is 0 Å². The van der Waals surface area contributed by atoms with Crippen molar-refractivity contribution in [1.29, 1.82) is 0 Å². The minimum Gasteiger partial charge on any atom is -0.314 e. The molecule has 0 aliphatic carbocycles. The number of hydrogen-bond donors (Lipinski definition) is 1. The van der Waals surface area contributed by atoms with E-state index < -0.39 is 0 Å². The van der Waals surface area contributed by atoms with Gasteiger partial charge < -0.3 is 5.32 Å². The van der Waals surface area contributed by atoms with Gasteiger partial charge in [0, 0.05) is 52.4 Å². The summed E-state index contributed by atoms with van der Waals surface area (Å²) in [7, 11) is 0. The zero-order chi connectivity index (χ0) is 15.7. The number of benzene rings is 2. The van der Waals surface area contributed by atoms with Crippen molar-refractivity contribution in [2.45, 2.75) is 13.1 Å². The summed E-state index contributed by atoms with van der Waals surface area (Å²) in [5.74, 6) is 0. The molecule has 1 fully saturated rings. The van der Waals surface area contributed by atoms with E-state index in [1.165, 1.54) is 24.2 Å². The van der Waals surface area contributed by atoms with Crippen molar-refractivity contribution in [3.05, 3.63) is 71.8 Å². The number of nitrogens with one attached hydrogen (secondary N) is 1. The van der Waals surface area contributed by atoms with Crippen LogP contribution >= 0.6 is 24.8 Å². The van der Waals surface area contributed by atoms with Crippen molar-refractivity contribution in [2.75, 3.05) is 39.3 Å². The van der Waals surface area contributed by atoms with Crippen LogP contribution in [0.4, 0.5) is 0 Å². The van der Waals surface area contributed by atoms with Gasteiger partial charge in [0.2, 0.25) is 0 Å². The summed E-state index contributed by atoms with van der Waals surface area (Å²) in [5.41, 5.74) is 2.78. The molecular weight excluding hydrogens is 353 g/mol. The smallest absolute Gasteiger partial charge is 0.0237 e. The van der Waals surface area contributed by atoms with Gasteiger partial charge in [0.05, 0.1) is 0 Å². The van der Waals surface area contributed by atoms with Crippen molar-refractivity contribution < 1.29 is 0 Å². The Balaban J connectivity index is 0.00000156. The molecule has 0 amide bonds. The standard InChI is InChI=1S/C20H27N3.2ClH/c1-3-7-19(8-4-1)17-23(18-20-9-5-2-6-10-20)16-15-22-13-11-21-12-14-22;;/h1-10,21H,11-18H2;2*1H. The van der Waals surface area contributed by atoms with E-state index in [1.54, 1.807) is 0 Å². The molecule has 1 saturated heterocycles. The van der Waals surface area contributed by atoms with Gasteiger partial charge in [0.15, 0.2) is 0 Å². The fourth-order valence-corrected chi connectivity index (χ4v) is 3.11. The van der Waals surface area contributed by atoms with E-state index in [-0.39, 0.29) is 24.8 Å². The first-order chi connectivity index (χ1) is 11.4. The molecule has 0 saturated carbocycles. The molecule has 25 heavy (non-hydrogen) atoms. The highest BCUT2D eigenvalue weighted by atomic mass is 35.5. The Kier molecular flexibility index (Phi) is 10.8. The molecule has 1 aliphatic rings. The quantitative estimate of drug-likeness (QED) is 0.792. The fourth-order valence-electron chi connectivity index (χ4n) is 3.11. The van der Waals surface area contributed by atoms with Crippen molar-refractivity contribution in [1.82, 2.24) is 15.1 Å². The molecule has 1 heterocycles. The molecule has 2 aromatic carbocycles. The van der Waals surface area contributed by atoms with Gasteiger partial charge in [-0.2, -0.15) is 0 Å². The number of hydrogen-bond acceptors (Lipinski definition) is 3. The highest BCUT2D eigenvalue weighted by molar-refractivity contribution is 5.85. The summed E-state index contributed by atoms with van der Waals surface area (Å²) in [4.78, 5) is 5.13. The minimum absolute atomic E-state index is 0. The molecule has 0 unspecified atom stereocenters. The van der Waals surface area contributed by atoms with Gasteiger partial charge in [-0.05, 0) is 11.1 Å². The maximum atomic E-state index is 3.43. The minimum atomic E-state index is 0. The fraction of sp³-hybridized carbons (Fsp3) is 0.400. The second-order valence-electron chi connectivity index (χ2n) is 6.27. The predicted molar refractivity (Wildman–Crippen MR) is 111 cm³/mol. The summed E-state index contributed by atoms with van der Waals surface area (Å²) < 4.78 is 0. The number of piperazine rings is 1. The summed E-state index contributed by atoms with van der Waals surface area (Å²) in [5, 5.41) is 3.43. The largest absolute Gasteiger partial charge is 0.314 e. The zero-order valence-electron chi connectivity index (χ0n) is 14.6. The summed E-state index contributed by atoms with van der Waals surface area (Å²) in [6.45, 7) is 8.89. The van der Waals surface area contributed by atoms with E-state index in [0.29, 0.717) is 0 Å². The number of rotatable bonds is 7. The van der Waals surface area contributed by atoms with E-state index >= 15 is 0 Å². The molecular formula is C20H29Cl2N3. The van der Waals surface area contributed by atoms with Gasteiger partial charge in [0.1, 0.15) is 0 Å². The average molecular weight is 382 g/mol. The molecule has 2 aromatic rings. The maximum absolute atomic E-state index is 3.43. The third-order valence-corrected chi connectivity index (χ3v) is 4.44. The lowest BCUT2D eigenvalue weighted by atomic mass is 10.1. The average Bonchev–Trinajstić information content (AvgIpc) is 2.62. The zero-order valence-corrected chi connectivity index (χ0v) is 16.3. The van der Waals surface area contributed by atoms with Crippen molar-refractivity contribution in [3.63, 3.8) is 0 Å². The molecule has 0 radical (unpaired) electrons. The lowest BCUT2D eigenvalue weighted by molar-refractivity contribution is 0.179. The highest BCUT2D eigenvalue weighted by Gasteiger charge is 2.12. The van der Waals surface area contributed by atoms with Gasteiger partial charge in [0.25, 0.3) is 0 Å². The Bertz CT molecular complexity index is 518. The van der Waals surface area contributed by atoms with Gasteiger partial charge in [-0.3, -0.25) is 9.80 Å². The molecule has 1 aliphatic heterocycles. The molecule has 3 rings (SSSR count). The Morgan fingerprint density at radius 1 is 0.760 bits per heavy atom. The SMILES string of the molecule is Cl.Cl.c1ccc(CN(CCN2CCNCC2)Cc2ccccc2)cc1. The van der Waals surface area contributed by atoms with E-state index in [0.717, 1.165) is 39.3 Å². The van der Waals surface area contributed by atoms with E-state index in [1.807, 2.05) is 0 Å². The van der Waals surface area contributed by atoms with Crippen LogP contribution in [0.15, 0.2) is 60.7 Å². The topological polar surface area (TPSA) is 18.5 Å². The summed E-state index contributed by atoms with van der Waals surface area (Å²) in [6.07, 6.45) is 0. The molecule has 138 valence electrons. The first-order valence-corrected chi connectivity index (χ1v) is 8.63. The van der Waals surface area contributed by atoms with Crippen LogP contribution in [-0.2, 0) is 13.1 Å². The van der Waals surface area contributed by atoms with Crippen molar-refractivity contribution in [3.8, 4) is 0 Å². The first-order valence-electron chi connectivity index (χ1n) is 8.63. The normalized spacial score (nSPS) is 14.6. The number of halogens is 2. The van der Waals surface area contributed by atoms with Crippen molar-refractivity contribution >= 4 is 24.8 Å². The number of nitrogens with zero attached hydrogens (tertiary/aromatic N) is 2. The van der Waals surface area contributed by atoms with Gasteiger partial charge >= 0.3 is 0 Å². The monoisotopic (exact) mass is 381 g/mol. The molecule has 0 aromatic heterocycles. The Hall–Kier alpha value is -1.10. The third kappa shape index (κ3) is 7.76. The molecule has 0 bridgehead atoms. The predicted octanol–water partition coefficient (Wildman–Crippen LogP) is 3.44. The Morgan fingerprint density at radius 2 is 1.24 bits per heavy atom. The maximum Gasteiger partial charge on any atom is 0.0237 e. The summed E-state index contributed by atoms with van der Waals surface area (Å²) >= 11 is 0. The van der Waals surface area contributed by atoms with E-state index in [9.17, 15) is 0 Å². The molecule has 1 N–H and O–H groups in total. The van der Waals surface area contributed by atoms with Crippen LogP contribution in [0.1, 0.15) is 11.1 Å². The van der Waals surface area contributed by atoms with E-state index in [2.05, 4.69) is 75.8 Å². The molecule has 5 heteroatoms.